The summed E-state index contributed by atoms with van der Waals surface area (Å²) in [6, 6.07) is 2.64. The fourth-order valence-electron chi connectivity index (χ4n) is 1.34. The minimum absolute atomic E-state index is 0.0584. The number of pyridine rings is 1. The first-order valence-corrected chi connectivity index (χ1v) is 4.62. The number of carboxylic acid groups (broad SMARTS) is 1. The highest BCUT2D eigenvalue weighted by Crippen LogP contribution is 2.24. The fraction of sp³-hybridized carbons (Fsp3) is 0.300. The molecule has 0 aliphatic heterocycles. The van der Waals surface area contributed by atoms with Crippen LogP contribution in [0.4, 0.5) is 8.78 Å². The van der Waals surface area contributed by atoms with Gasteiger partial charge in [-0.05, 0) is 6.07 Å². The summed E-state index contributed by atoms with van der Waals surface area (Å²) < 4.78 is 25.3. The number of aromatic nitrogens is 1. The van der Waals surface area contributed by atoms with Gasteiger partial charge in [0.25, 0.3) is 6.43 Å². The van der Waals surface area contributed by atoms with E-state index in [0.717, 1.165) is 6.07 Å². The maximum Gasteiger partial charge on any atom is 0.309 e. The molecule has 1 rings (SSSR count). The minimum Gasteiger partial charge on any atom is -0.481 e. The number of rotatable bonds is 4. The summed E-state index contributed by atoms with van der Waals surface area (Å²) in [6.07, 6.45) is -3.51. The number of nitrogens with two attached hydrogens (primary N) is 1. The molecule has 0 aliphatic rings. The quantitative estimate of drug-likeness (QED) is 0.818. The van der Waals surface area contributed by atoms with Crippen LogP contribution in [0.3, 0.4) is 0 Å². The molecule has 1 aromatic heterocycles. The zero-order valence-electron chi connectivity index (χ0n) is 8.65. The molecule has 90 valence electrons. The lowest BCUT2D eigenvalue weighted by Crippen LogP contribution is -2.12. The van der Waals surface area contributed by atoms with Gasteiger partial charge in [-0.1, -0.05) is 0 Å². The SMILES string of the molecule is N#Cc1cc(C(F)F)c(CC(=O)O)nc1CN. The Morgan fingerprint density at radius 3 is 2.65 bits per heavy atom. The van der Waals surface area contributed by atoms with E-state index in [1.165, 1.54) is 0 Å². The average Bonchev–Trinajstić information content (AvgIpc) is 2.27. The van der Waals surface area contributed by atoms with Gasteiger partial charge in [0, 0.05) is 12.1 Å². The predicted molar refractivity (Wildman–Crippen MR) is 53.1 cm³/mol. The molecule has 0 aromatic carbocycles. The van der Waals surface area contributed by atoms with E-state index in [1.807, 2.05) is 0 Å². The van der Waals surface area contributed by atoms with Gasteiger partial charge in [-0.3, -0.25) is 9.78 Å². The number of aliphatic carboxylic acids is 1. The molecular weight excluding hydrogens is 232 g/mol. The van der Waals surface area contributed by atoms with Crippen LogP contribution in [0.2, 0.25) is 0 Å². The van der Waals surface area contributed by atoms with E-state index >= 15 is 0 Å². The van der Waals surface area contributed by atoms with E-state index in [2.05, 4.69) is 4.98 Å². The molecule has 0 unspecified atom stereocenters. The second-order valence-electron chi connectivity index (χ2n) is 3.21. The van der Waals surface area contributed by atoms with Gasteiger partial charge in [0.05, 0.1) is 23.4 Å². The van der Waals surface area contributed by atoms with Crippen LogP contribution in [0, 0.1) is 11.3 Å². The van der Waals surface area contributed by atoms with Crippen molar-refractivity contribution in [2.45, 2.75) is 19.4 Å². The van der Waals surface area contributed by atoms with Crippen molar-refractivity contribution in [1.29, 1.82) is 5.26 Å². The third-order valence-corrected chi connectivity index (χ3v) is 2.08. The van der Waals surface area contributed by atoms with Crippen LogP contribution in [-0.4, -0.2) is 16.1 Å². The Morgan fingerprint density at radius 1 is 1.59 bits per heavy atom. The average molecular weight is 241 g/mol. The van der Waals surface area contributed by atoms with Gasteiger partial charge in [-0.25, -0.2) is 8.78 Å². The topological polar surface area (TPSA) is 100 Å². The highest BCUT2D eigenvalue weighted by atomic mass is 19.3. The van der Waals surface area contributed by atoms with E-state index in [0.29, 0.717) is 0 Å². The molecule has 1 aromatic rings. The maximum absolute atomic E-state index is 12.7. The van der Waals surface area contributed by atoms with Crippen LogP contribution < -0.4 is 5.73 Å². The molecule has 3 N–H and O–H groups in total. The summed E-state index contributed by atoms with van der Waals surface area (Å²) in [5.74, 6) is -1.27. The number of alkyl halides is 2. The second kappa shape index (κ2) is 5.32. The first kappa shape index (κ1) is 13.0. The van der Waals surface area contributed by atoms with Crippen molar-refractivity contribution in [2.24, 2.45) is 5.73 Å². The molecule has 17 heavy (non-hydrogen) atoms. The van der Waals surface area contributed by atoms with E-state index in [4.69, 9.17) is 16.1 Å². The van der Waals surface area contributed by atoms with E-state index in [1.54, 1.807) is 6.07 Å². The van der Waals surface area contributed by atoms with Crippen LogP contribution in [0.5, 0.6) is 0 Å². The standard InChI is InChI=1S/C10H9F2N3O2/c11-10(12)6-1-5(3-13)8(4-14)15-7(6)2-9(16)17/h1,10H,2,4,14H2,(H,16,17). The molecule has 5 nitrogen and oxygen atoms in total. The summed E-state index contributed by atoms with van der Waals surface area (Å²) in [5.41, 5.74) is 4.57. The Balaban J connectivity index is 3.36. The Hall–Kier alpha value is -2.07. The van der Waals surface area contributed by atoms with Crippen molar-refractivity contribution in [3.63, 3.8) is 0 Å². The predicted octanol–water partition coefficient (Wildman–Crippen LogP) is 0.977. The first-order valence-electron chi connectivity index (χ1n) is 4.62. The minimum atomic E-state index is -2.88. The molecule has 0 atom stereocenters. The third kappa shape index (κ3) is 2.95. The molecule has 7 heteroatoms. The van der Waals surface area contributed by atoms with E-state index in [9.17, 15) is 13.6 Å². The Labute approximate surface area is 95.5 Å². The molecule has 0 amide bonds. The molecule has 0 saturated carbocycles. The summed E-state index contributed by atoms with van der Waals surface area (Å²) in [4.78, 5) is 14.2. The fourth-order valence-corrected chi connectivity index (χ4v) is 1.34. The van der Waals surface area contributed by atoms with Gasteiger partial charge in [-0.2, -0.15) is 5.26 Å². The van der Waals surface area contributed by atoms with E-state index < -0.39 is 24.4 Å². The molecule has 0 radical (unpaired) electrons. The van der Waals surface area contributed by atoms with Crippen molar-refractivity contribution in [3.8, 4) is 6.07 Å². The molecule has 0 spiro atoms. The number of nitriles is 1. The molecule has 0 bridgehead atoms. The van der Waals surface area contributed by atoms with E-state index in [-0.39, 0.29) is 23.5 Å². The molecule has 0 aliphatic carbocycles. The van der Waals surface area contributed by atoms with Crippen molar-refractivity contribution >= 4 is 5.97 Å². The van der Waals surface area contributed by atoms with Crippen molar-refractivity contribution in [1.82, 2.24) is 4.98 Å². The molecular formula is C10H9F2N3O2. The van der Waals surface area contributed by atoms with Gasteiger partial charge < -0.3 is 10.8 Å². The van der Waals surface area contributed by atoms with Crippen LogP contribution in [0.1, 0.15) is 28.9 Å². The van der Waals surface area contributed by atoms with Crippen LogP contribution in [0.25, 0.3) is 0 Å². The van der Waals surface area contributed by atoms with Crippen molar-refractivity contribution in [3.05, 3.63) is 28.6 Å². The highest BCUT2D eigenvalue weighted by Gasteiger charge is 2.19. The summed E-state index contributed by atoms with van der Waals surface area (Å²) >= 11 is 0. The molecule has 1 heterocycles. The van der Waals surface area contributed by atoms with Gasteiger partial charge in [0.1, 0.15) is 6.07 Å². The monoisotopic (exact) mass is 241 g/mol. The molecule has 0 saturated heterocycles. The lowest BCUT2D eigenvalue weighted by Gasteiger charge is -2.09. The van der Waals surface area contributed by atoms with Crippen LogP contribution in [-0.2, 0) is 17.8 Å². The second-order valence-corrected chi connectivity index (χ2v) is 3.21. The normalized spacial score (nSPS) is 10.3. The number of carboxylic acids is 1. The largest absolute Gasteiger partial charge is 0.481 e. The number of hydrogen-bond donors (Lipinski definition) is 2. The Kier molecular flexibility index (Phi) is 4.06. The third-order valence-electron chi connectivity index (χ3n) is 2.08. The Bertz CT molecular complexity index is 483. The van der Waals surface area contributed by atoms with Gasteiger partial charge in [0.15, 0.2) is 0 Å². The molecule has 0 fully saturated rings. The van der Waals surface area contributed by atoms with Crippen LogP contribution >= 0.6 is 0 Å². The summed E-state index contributed by atoms with van der Waals surface area (Å²) in [6.45, 7) is -0.112. The lowest BCUT2D eigenvalue weighted by atomic mass is 10.1. The summed E-state index contributed by atoms with van der Waals surface area (Å²) in [7, 11) is 0. The zero-order chi connectivity index (χ0) is 13.0. The number of halogens is 2. The smallest absolute Gasteiger partial charge is 0.309 e. The van der Waals surface area contributed by atoms with Crippen molar-refractivity contribution in [2.75, 3.05) is 0 Å². The van der Waals surface area contributed by atoms with Gasteiger partial charge >= 0.3 is 5.97 Å². The van der Waals surface area contributed by atoms with Gasteiger partial charge in [0.2, 0.25) is 0 Å². The maximum atomic E-state index is 12.7. The number of nitrogens with zero attached hydrogens (tertiary/aromatic N) is 2. The van der Waals surface area contributed by atoms with Crippen LogP contribution in [0.15, 0.2) is 6.07 Å². The number of carbonyl (C=O) groups is 1. The van der Waals surface area contributed by atoms with Crippen molar-refractivity contribution < 1.29 is 18.7 Å². The zero-order valence-corrected chi connectivity index (χ0v) is 8.65. The Morgan fingerprint density at radius 2 is 2.24 bits per heavy atom. The first-order chi connectivity index (χ1) is 7.99. The highest BCUT2D eigenvalue weighted by molar-refractivity contribution is 5.70. The lowest BCUT2D eigenvalue weighted by molar-refractivity contribution is -0.136. The summed E-state index contributed by atoms with van der Waals surface area (Å²) in [5, 5.41) is 17.3. The van der Waals surface area contributed by atoms with Gasteiger partial charge in [-0.15, -0.1) is 0 Å². The number of hydrogen-bond acceptors (Lipinski definition) is 4.